The summed E-state index contributed by atoms with van der Waals surface area (Å²) in [6.07, 6.45) is 0.810. The molecule has 33 heavy (non-hydrogen) atoms. The maximum atomic E-state index is 12.6. The highest BCUT2D eigenvalue weighted by molar-refractivity contribution is 6.44. The Balaban J connectivity index is 1.72. The molecule has 2 aromatic carbocycles. The van der Waals surface area contributed by atoms with Gasteiger partial charge < -0.3 is 15.0 Å². The summed E-state index contributed by atoms with van der Waals surface area (Å²) in [4.78, 5) is 38.1. The molecule has 0 spiro atoms. The minimum absolute atomic E-state index is 0.0253. The molecule has 3 rings (SSSR count). The fourth-order valence-electron chi connectivity index (χ4n) is 3.61. The maximum Gasteiger partial charge on any atom is 0.339 e. The maximum absolute atomic E-state index is 12.6. The Bertz CT molecular complexity index is 1100. The number of rotatable bonds is 6. The molecule has 0 bridgehead atoms. The van der Waals surface area contributed by atoms with Crippen LogP contribution >= 0.6 is 34.8 Å². The van der Waals surface area contributed by atoms with Crippen LogP contribution in [0.25, 0.3) is 0 Å². The third kappa shape index (κ3) is 6.07. The normalized spacial score (nSPS) is 16.8. The Morgan fingerprint density at radius 1 is 1.18 bits per heavy atom. The van der Waals surface area contributed by atoms with E-state index in [-0.39, 0.29) is 32.0 Å². The van der Waals surface area contributed by atoms with Crippen LogP contribution in [0.2, 0.25) is 15.1 Å². The number of anilines is 2. The molecule has 176 valence electrons. The van der Waals surface area contributed by atoms with Gasteiger partial charge in [-0.15, -0.1) is 0 Å². The quantitative estimate of drug-likeness (QED) is 0.220. The van der Waals surface area contributed by atoms with Crippen LogP contribution in [0.15, 0.2) is 30.3 Å². The van der Waals surface area contributed by atoms with Gasteiger partial charge in [-0.05, 0) is 49.9 Å². The fourth-order valence-corrected chi connectivity index (χ4v) is 4.20. The van der Waals surface area contributed by atoms with Gasteiger partial charge in [-0.3, -0.25) is 14.9 Å². The van der Waals surface area contributed by atoms with Crippen molar-refractivity contribution < 1.29 is 19.2 Å². The molecule has 0 aliphatic carbocycles. The van der Waals surface area contributed by atoms with Crippen LogP contribution in [-0.4, -0.2) is 36.0 Å². The Morgan fingerprint density at radius 3 is 2.55 bits per heavy atom. The van der Waals surface area contributed by atoms with Crippen molar-refractivity contribution in [3.63, 3.8) is 0 Å². The lowest BCUT2D eigenvalue weighted by Gasteiger charge is -2.32. The number of hydrogen-bond donors (Lipinski definition) is 1. The van der Waals surface area contributed by atoms with Crippen molar-refractivity contribution in [2.75, 3.05) is 23.3 Å². The number of halogens is 3. The Kier molecular flexibility index (Phi) is 8.05. The van der Waals surface area contributed by atoms with E-state index in [1.807, 2.05) is 4.90 Å². The second-order valence-corrected chi connectivity index (χ2v) is 9.16. The molecule has 1 N–H and O–H groups in total. The number of amides is 1. The van der Waals surface area contributed by atoms with Gasteiger partial charge in [0.1, 0.15) is 5.69 Å². The highest BCUT2D eigenvalue weighted by Crippen LogP contribution is 2.34. The molecule has 2 aromatic rings. The smallest absolute Gasteiger partial charge is 0.339 e. The van der Waals surface area contributed by atoms with Gasteiger partial charge in [-0.2, -0.15) is 0 Å². The molecule has 0 aromatic heterocycles. The summed E-state index contributed by atoms with van der Waals surface area (Å²) >= 11 is 17.9. The van der Waals surface area contributed by atoms with Crippen LogP contribution in [0.4, 0.5) is 17.1 Å². The standard InChI is InChI=1S/C22H22Cl3N3O5/c1-12-4-3-7-27(11-12)19-6-5-14(8-20(19)28(31)32)22(30)33-13(2)21(29)26-18-10-16(24)15(23)9-17(18)25/h5-6,8-10,12-13H,3-4,7,11H2,1-2H3,(H,26,29). The molecule has 8 nitrogen and oxygen atoms in total. The van der Waals surface area contributed by atoms with E-state index in [1.165, 1.54) is 31.2 Å². The number of carbonyl (C=O) groups excluding carboxylic acids is 2. The highest BCUT2D eigenvalue weighted by atomic mass is 35.5. The van der Waals surface area contributed by atoms with Gasteiger partial charge in [-0.1, -0.05) is 41.7 Å². The van der Waals surface area contributed by atoms with Crippen molar-refractivity contribution in [3.05, 3.63) is 61.1 Å². The molecule has 11 heteroatoms. The zero-order chi connectivity index (χ0) is 24.3. The fraction of sp³-hybridized carbons (Fsp3) is 0.364. The summed E-state index contributed by atoms with van der Waals surface area (Å²) in [7, 11) is 0. The van der Waals surface area contributed by atoms with Gasteiger partial charge in [0, 0.05) is 19.2 Å². The number of nitrogens with zero attached hydrogens (tertiary/aromatic N) is 2. The number of nitro benzene ring substituents is 1. The van der Waals surface area contributed by atoms with E-state index in [9.17, 15) is 19.7 Å². The van der Waals surface area contributed by atoms with Crippen LogP contribution in [-0.2, 0) is 9.53 Å². The van der Waals surface area contributed by atoms with Crippen molar-refractivity contribution >= 4 is 63.7 Å². The summed E-state index contributed by atoms with van der Waals surface area (Å²) < 4.78 is 5.21. The van der Waals surface area contributed by atoms with Crippen molar-refractivity contribution in [2.45, 2.75) is 32.8 Å². The number of hydrogen-bond acceptors (Lipinski definition) is 6. The van der Waals surface area contributed by atoms with E-state index in [0.717, 1.165) is 12.8 Å². The van der Waals surface area contributed by atoms with Gasteiger partial charge in [-0.25, -0.2) is 4.79 Å². The largest absolute Gasteiger partial charge is 0.449 e. The van der Waals surface area contributed by atoms with Crippen LogP contribution in [0.5, 0.6) is 0 Å². The summed E-state index contributed by atoms with van der Waals surface area (Å²) in [5, 5.41) is 14.8. The van der Waals surface area contributed by atoms with E-state index in [0.29, 0.717) is 24.7 Å². The minimum atomic E-state index is -1.20. The van der Waals surface area contributed by atoms with Crippen LogP contribution < -0.4 is 10.2 Å². The molecule has 1 aliphatic heterocycles. The van der Waals surface area contributed by atoms with E-state index in [4.69, 9.17) is 39.5 Å². The summed E-state index contributed by atoms with van der Waals surface area (Å²) in [5.74, 6) is -1.09. The zero-order valence-electron chi connectivity index (χ0n) is 17.9. The van der Waals surface area contributed by atoms with Crippen molar-refractivity contribution in [1.29, 1.82) is 0 Å². The molecule has 1 heterocycles. The van der Waals surface area contributed by atoms with Crippen LogP contribution in [0.1, 0.15) is 37.0 Å². The van der Waals surface area contributed by atoms with Gasteiger partial charge in [0.15, 0.2) is 6.10 Å². The monoisotopic (exact) mass is 513 g/mol. The topological polar surface area (TPSA) is 102 Å². The van der Waals surface area contributed by atoms with Crippen molar-refractivity contribution in [2.24, 2.45) is 5.92 Å². The first kappa shape index (κ1) is 25.1. The summed E-state index contributed by atoms with van der Waals surface area (Å²) in [6, 6.07) is 6.94. The predicted octanol–water partition coefficient (Wildman–Crippen LogP) is 5.98. The molecule has 1 saturated heterocycles. The summed E-state index contributed by atoms with van der Waals surface area (Å²) in [5.41, 5.74) is 0.457. The predicted molar refractivity (Wildman–Crippen MR) is 129 cm³/mol. The van der Waals surface area contributed by atoms with Crippen molar-refractivity contribution in [3.8, 4) is 0 Å². The molecular formula is C22H22Cl3N3O5. The molecule has 0 radical (unpaired) electrons. The molecule has 0 saturated carbocycles. The second-order valence-electron chi connectivity index (χ2n) is 7.94. The van der Waals surface area contributed by atoms with Gasteiger partial charge >= 0.3 is 5.97 Å². The average Bonchev–Trinajstić information content (AvgIpc) is 2.76. The Hall–Kier alpha value is -2.55. The molecular weight excluding hydrogens is 493 g/mol. The first-order valence-corrected chi connectivity index (χ1v) is 11.4. The summed E-state index contributed by atoms with van der Waals surface area (Å²) in [6.45, 7) is 4.89. The van der Waals surface area contributed by atoms with Crippen LogP contribution in [0, 0.1) is 16.0 Å². The number of esters is 1. The number of benzene rings is 2. The molecule has 1 amide bonds. The van der Waals surface area contributed by atoms with E-state index >= 15 is 0 Å². The molecule has 2 atom stereocenters. The number of nitrogens with one attached hydrogen (secondary N) is 1. The van der Waals surface area contributed by atoms with Gasteiger partial charge in [0.05, 0.1) is 31.2 Å². The molecule has 2 unspecified atom stereocenters. The Labute approximate surface area is 205 Å². The van der Waals surface area contributed by atoms with E-state index in [2.05, 4.69) is 12.2 Å². The number of ether oxygens (including phenoxy) is 1. The Morgan fingerprint density at radius 2 is 1.88 bits per heavy atom. The third-order valence-electron chi connectivity index (χ3n) is 5.33. The van der Waals surface area contributed by atoms with Gasteiger partial charge in [0.25, 0.3) is 11.6 Å². The first-order valence-electron chi connectivity index (χ1n) is 10.3. The van der Waals surface area contributed by atoms with E-state index < -0.39 is 22.9 Å². The van der Waals surface area contributed by atoms with Crippen LogP contribution in [0.3, 0.4) is 0 Å². The number of piperidine rings is 1. The number of nitro groups is 1. The lowest BCUT2D eigenvalue weighted by Crippen LogP contribution is -2.34. The lowest BCUT2D eigenvalue weighted by atomic mass is 9.99. The van der Waals surface area contributed by atoms with E-state index in [1.54, 1.807) is 6.07 Å². The number of carbonyl (C=O) groups is 2. The van der Waals surface area contributed by atoms with Crippen molar-refractivity contribution in [1.82, 2.24) is 0 Å². The minimum Gasteiger partial charge on any atom is -0.449 e. The third-order valence-corrected chi connectivity index (χ3v) is 6.36. The highest BCUT2D eigenvalue weighted by Gasteiger charge is 2.27. The lowest BCUT2D eigenvalue weighted by molar-refractivity contribution is -0.384. The van der Waals surface area contributed by atoms with Gasteiger partial charge in [0.2, 0.25) is 0 Å². The molecule has 1 aliphatic rings. The SMILES string of the molecule is CC1CCCN(c2ccc(C(=O)OC(C)C(=O)Nc3cc(Cl)c(Cl)cc3Cl)cc2[N+](=O)[O-])C1. The average molecular weight is 515 g/mol. The second kappa shape index (κ2) is 10.6. The first-order chi connectivity index (χ1) is 15.6. The zero-order valence-corrected chi connectivity index (χ0v) is 20.2. The molecule has 1 fully saturated rings.